The predicted octanol–water partition coefficient (Wildman–Crippen LogP) is 2.54. The summed E-state index contributed by atoms with van der Waals surface area (Å²) < 4.78 is 16.0. The summed E-state index contributed by atoms with van der Waals surface area (Å²) in [6.07, 6.45) is 0.435. The van der Waals surface area contributed by atoms with E-state index in [0.717, 1.165) is 10.7 Å². The molecule has 8 heteroatoms. The normalized spacial score (nSPS) is 10.1. The highest BCUT2D eigenvalue weighted by Crippen LogP contribution is 2.14. The first-order valence-electron chi connectivity index (χ1n) is 7.66. The molecule has 0 saturated carbocycles. The van der Waals surface area contributed by atoms with E-state index in [-0.39, 0.29) is 18.1 Å². The molecule has 1 heterocycles. The first kappa shape index (κ1) is 21.5. The van der Waals surface area contributed by atoms with Crippen molar-refractivity contribution in [2.24, 2.45) is 0 Å². The Morgan fingerprint density at radius 3 is 2.29 bits per heavy atom. The van der Waals surface area contributed by atoms with Gasteiger partial charge in [0.1, 0.15) is 5.60 Å². The van der Waals surface area contributed by atoms with Crippen molar-refractivity contribution in [2.75, 3.05) is 19.1 Å². The SMILES string of the molecule is CC.CCOC(=O)c1c(OC)c(=O)ccn1NC(=O)OC(C)(C)C. The third-order valence-electron chi connectivity index (χ3n) is 2.34. The molecule has 0 saturated heterocycles. The fourth-order valence-electron chi connectivity index (χ4n) is 1.60. The van der Waals surface area contributed by atoms with E-state index in [0.29, 0.717) is 0 Å². The first-order chi connectivity index (χ1) is 11.2. The zero-order valence-electron chi connectivity index (χ0n) is 15.3. The Morgan fingerprint density at radius 1 is 1.25 bits per heavy atom. The number of pyridine rings is 1. The third kappa shape index (κ3) is 6.31. The lowest BCUT2D eigenvalue weighted by molar-refractivity contribution is 0.0507. The van der Waals surface area contributed by atoms with Gasteiger partial charge >= 0.3 is 12.1 Å². The maximum absolute atomic E-state index is 12.0. The van der Waals surface area contributed by atoms with E-state index < -0.39 is 23.1 Å². The number of carbonyl (C=O) groups excluding carboxylic acids is 2. The molecule has 0 atom stereocenters. The molecule has 1 rings (SSSR count). The number of esters is 1. The topological polar surface area (TPSA) is 95.9 Å². The van der Waals surface area contributed by atoms with E-state index in [2.05, 4.69) is 5.43 Å². The van der Waals surface area contributed by atoms with Gasteiger partial charge in [0, 0.05) is 12.3 Å². The van der Waals surface area contributed by atoms with Crippen molar-refractivity contribution in [1.82, 2.24) is 4.68 Å². The highest BCUT2D eigenvalue weighted by Gasteiger charge is 2.23. The Bertz CT molecular complexity index is 616. The van der Waals surface area contributed by atoms with Gasteiger partial charge in [0.2, 0.25) is 5.43 Å². The average Bonchev–Trinajstić information content (AvgIpc) is 2.49. The fourth-order valence-corrected chi connectivity index (χ4v) is 1.60. The lowest BCUT2D eigenvalue weighted by Crippen LogP contribution is -2.34. The maximum atomic E-state index is 12.0. The molecule has 1 aromatic heterocycles. The molecule has 24 heavy (non-hydrogen) atoms. The molecule has 1 aromatic rings. The molecule has 1 amide bonds. The van der Waals surface area contributed by atoms with E-state index in [4.69, 9.17) is 14.2 Å². The average molecular weight is 342 g/mol. The second-order valence-corrected chi connectivity index (χ2v) is 5.27. The van der Waals surface area contributed by atoms with Gasteiger partial charge in [-0.15, -0.1) is 0 Å². The van der Waals surface area contributed by atoms with Crippen LogP contribution in [-0.2, 0) is 9.47 Å². The summed E-state index contributed by atoms with van der Waals surface area (Å²) in [5.74, 6) is -1.02. The van der Waals surface area contributed by atoms with Crippen LogP contribution in [0.15, 0.2) is 17.1 Å². The molecule has 1 N–H and O–H groups in total. The number of carbonyl (C=O) groups is 2. The number of hydrogen-bond donors (Lipinski definition) is 1. The van der Waals surface area contributed by atoms with Crippen LogP contribution in [0.1, 0.15) is 52.0 Å². The minimum atomic E-state index is -0.798. The number of nitrogens with zero attached hydrogens (tertiary/aromatic N) is 1. The second-order valence-electron chi connectivity index (χ2n) is 5.27. The largest absolute Gasteiger partial charge is 0.490 e. The smallest absolute Gasteiger partial charge is 0.426 e. The van der Waals surface area contributed by atoms with Gasteiger partial charge < -0.3 is 14.2 Å². The molecule has 0 aliphatic heterocycles. The summed E-state index contributed by atoms with van der Waals surface area (Å²) in [5.41, 5.74) is 0.907. The number of amides is 1. The van der Waals surface area contributed by atoms with Crippen molar-refractivity contribution in [2.45, 2.75) is 47.1 Å². The molecule has 0 bridgehead atoms. The molecule has 8 nitrogen and oxygen atoms in total. The summed E-state index contributed by atoms with van der Waals surface area (Å²) in [6.45, 7) is 10.8. The van der Waals surface area contributed by atoms with E-state index in [1.54, 1.807) is 27.7 Å². The van der Waals surface area contributed by atoms with Crippen LogP contribution in [0.2, 0.25) is 0 Å². The van der Waals surface area contributed by atoms with Crippen LogP contribution in [0, 0.1) is 0 Å². The van der Waals surface area contributed by atoms with Gasteiger partial charge in [0.25, 0.3) is 0 Å². The van der Waals surface area contributed by atoms with Crippen molar-refractivity contribution in [3.63, 3.8) is 0 Å². The van der Waals surface area contributed by atoms with E-state index in [1.165, 1.54) is 13.3 Å². The standard InChI is InChI=1S/C14H20N2O6.C2H6/c1-6-21-12(18)10-11(20-5)9(17)7-8-16(10)15-13(19)22-14(2,3)4;1-2/h7-8H,6H2,1-5H3,(H,15,19);1-2H3. The molecule has 0 aromatic carbocycles. The number of nitrogens with one attached hydrogen (secondary N) is 1. The molecule has 0 fully saturated rings. The van der Waals surface area contributed by atoms with Gasteiger partial charge in [-0.2, -0.15) is 0 Å². The van der Waals surface area contributed by atoms with Crippen LogP contribution < -0.4 is 15.6 Å². The van der Waals surface area contributed by atoms with Crippen molar-refractivity contribution < 1.29 is 23.8 Å². The number of methoxy groups -OCH3 is 1. The van der Waals surface area contributed by atoms with E-state index in [1.807, 2.05) is 13.8 Å². The molecule has 0 spiro atoms. The molecule has 0 unspecified atom stereocenters. The molecular weight excluding hydrogens is 316 g/mol. The minimum Gasteiger partial charge on any atom is -0.490 e. The zero-order chi connectivity index (χ0) is 18.9. The van der Waals surface area contributed by atoms with Crippen LogP contribution >= 0.6 is 0 Å². The van der Waals surface area contributed by atoms with Crippen LogP contribution in [0.5, 0.6) is 5.75 Å². The van der Waals surface area contributed by atoms with Gasteiger partial charge in [-0.1, -0.05) is 13.8 Å². The highest BCUT2D eigenvalue weighted by atomic mass is 16.6. The summed E-state index contributed by atoms with van der Waals surface area (Å²) >= 11 is 0. The fraction of sp³-hybridized carbons (Fsp3) is 0.562. The van der Waals surface area contributed by atoms with Crippen LogP contribution in [-0.4, -0.2) is 36.1 Å². The third-order valence-corrected chi connectivity index (χ3v) is 2.34. The minimum absolute atomic E-state index is 0.109. The van der Waals surface area contributed by atoms with Crippen molar-refractivity contribution in [1.29, 1.82) is 0 Å². The molecule has 0 radical (unpaired) electrons. The Balaban J connectivity index is 0.00000254. The quantitative estimate of drug-likeness (QED) is 0.845. The van der Waals surface area contributed by atoms with Crippen LogP contribution in [0.4, 0.5) is 4.79 Å². The highest BCUT2D eigenvalue weighted by molar-refractivity contribution is 5.91. The van der Waals surface area contributed by atoms with Gasteiger partial charge in [0.15, 0.2) is 11.4 Å². The summed E-state index contributed by atoms with van der Waals surface area (Å²) in [4.78, 5) is 35.6. The molecule has 0 aliphatic carbocycles. The van der Waals surface area contributed by atoms with E-state index >= 15 is 0 Å². The van der Waals surface area contributed by atoms with Gasteiger partial charge in [-0.05, 0) is 27.7 Å². The Hall–Kier alpha value is -2.51. The first-order valence-corrected chi connectivity index (χ1v) is 7.66. The summed E-state index contributed by atoms with van der Waals surface area (Å²) in [7, 11) is 1.25. The van der Waals surface area contributed by atoms with Crippen LogP contribution in [0.3, 0.4) is 0 Å². The Kier molecular flexibility index (Phi) is 8.59. The van der Waals surface area contributed by atoms with Gasteiger partial charge in [0.05, 0.1) is 13.7 Å². The number of hydrogen-bond acceptors (Lipinski definition) is 6. The Morgan fingerprint density at radius 2 is 1.83 bits per heavy atom. The number of ether oxygens (including phenoxy) is 3. The van der Waals surface area contributed by atoms with Gasteiger partial charge in [-0.3, -0.25) is 4.79 Å². The maximum Gasteiger partial charge on any atom is 0.426 e. The zero-order valence-corrected chi connectivity index (χ0v) is 15.3. The molecule has 0 aliphatic rings. The van der Waals surface area contributed by atoms with Crippen molar-refractivity contribution >= 4 is 12.1 Å². The second kappa shape index (κ2) is 9.59. The van der Waals surface area contributed by atoms with Gasteiger partial charge in [-0.25, -0.2) is 19.7 Å². The molecule has 136 valence electrons. The summed E-state index contributed by atoms with van der Waals surface area (Å²) in [5, 5.41) is 0. The van der Waals surface area contributed by atoms with Crippen molar-refractivity contribution in [3.8, 4) is 5.75 Å². The van der Waals surface area contributed by atoms with Crippen molar-refractivity contribution in [3.05, 3.63) is 28.2 Å². The lowest BCUT2D eigenvalue weighted by atomic mass is 10.2. The Labute approximate surface area is 141 Å². The monoisotopic (exact) mass is 342 g/mol. The predicted molar refractivity (Wildman–Crippen MR) is 90.2 cm³/mol. The van der Waals surface area contributed by atoms with E-state index in [9.17, 15) is 14.4 Å². The van der Waals surface area contributed by atoms with Crippen LogP contribution in [0.25, 0.3) is 0 Å². The lowest BCUT2D eigenvalue weighted by Gasteiger charge is -2.21. The number of rotatable bonds is 4. The molecular formula is C16H26N2O6. The summed E-state index contributed by atoms with van der Waals surface area (Å²) in [6, 6.07) is 1.15. The number of aromatic nitrogens is 1.